The Bertz CT molecular complexity index is 626. The molecule has 0 fully saturated rings. The maximum Gasteiger partial charge on any atom is 0.119 e. The number of rotatable bonds is 4. The third-order valence-corrected chi connectivity index (χ3v) is 5.33. The lowest BCUT2D eigenvalue weighted by Gasteiger charge is -2.33. The highest BCUT2D eigenvalue weighted by Gasteiger charge is 2.29. The number of aromatic nitrogens is 2. The smallest absolute Gasteiger partial charge is 0.119 e. The van der Waals surface area contributed by atoms with Gasteiger partial charge < -0.3 is 10.1 Å². The molecule has 1 aromatic heterocycles. The summed E-state index contributed by atoms with van der Waals surface area (Å²) in [6, 6.07) is 6.79. The minimum Gasteiger partial charge on any atom is -0.497 e. The fourth-order valence-corrected chi connectivity index (χ4v) is 4.32. The molecule has 0 saturated heterocycles. The van der Waals surface area contributed by atoms with E-state index < -0.39 is 0 Å². The zero-order chi connectivity index (χ0) is 14.8. The minimum atomic E-state index is 0.366. The first-order valence-electron chi connectivity index (χ1n) is 7.20. The fourth-order valence-electron chi connectivity index (χ4n) is 3.00. The quantitative estimate of drug-likeness (QED) is 0.943. The second kappa shape index (κ2) is 6.12. The third kappa shape index (κ3) is 2.94. The van der Waals surface area contributed by atoms with Gasteiger partial charge in [-0.3, -0.25) is 4.68 Å². The Balaban J connectivity index is 1.84. The van der Waals surface area contributed by atoms with Crippen molar-refractivity contribution in [1.29, 1.82) is 0 Å². The summed E-state index contributed by atoms with van der Waals surface area (Å²) in [5, 5.41) is 8.27. The van der Waals surface area contributed by atoms with Gasteiger partial charge in [-0.15, -0.1) is 11.8 Å². The molecule has 1 aromatic carbocycles. The zero-order valence-corrected chi connectivity index (χ0v) is 13.5. The van der Waals surface area contributed by atoms with E-state index in [1.165, 1.54) is 16.0 Å². The maximum atomic E-state index is 5.34. The molecule has 0 radical (unpaired) electrons. The molecule has 3 rings (SSSR count). The highest BCUT2D eigenvalue weighted by molar-refractivity contribution is 8.00. The van der Waals surface area contributed by atoms with Crippen LogP contribution in [0.5, 0.6) is 5.75 Å². The van der Waals surface area contributed by atoms with Crippen LogP contribution >= 0.6 is 11.8 Å². The Morgan fingerprint density at radius 2 is 2.29 bits per heavy atom. The van der Waals surface area contributed by atoms with Crippen LogP contribution in [0, 0.1) is 0 Å². The van der Waals surface area contributed by atoms with Gasteiger partial charge >= 0.3 is 0 Å². The molecular formula is C16H21N3OS. The summed E-state index contributed by atoms with van der Waals surface area (Å²) in [7, 11) is 5.73. The first-order valence-corrected chi connectivity index (χ1v) is 8.08. The van der Waals surface area contributed by atoms with Crippen LogP contribution in [0.15, 0.2) is 35.5 Å². The lowest BCUT2D eigenvalue weighted by Crippen LogP contribution is -2.32. The molecule has 0 spiro atoms. The van der Waals surface area contributed by atoms with E-state index in [4.69, 9.17) is 4.74 Å². The van der Waals surface area contributed by atoms with E-state index in [-0.39, 0.29) is 0 Å². The molecule has 1 heterocycles. The molecule has 1 aliphatic carbocycles. The molecular weight excluding hydrogens is 282 g/mol. The van der Waals surface area contributed by atoms with Crippen molar-refractivity contribution in [1.82, 2.24) is 15.1 Å². The molecule has 4 nitrogen and oxygen atoms in total. The van der Waals surface area contributed by atoms with E-state index in [1.54, 1.807) is 7.11 Å². The molecule has 2 aromatic rings. The Labute approximate surface area is 129 Å². The Kier molecular flexibility index (Phi) is 4.22. The average molecular weight is 303 g/mol. The van der Waals surface area contributed by atoms with Crippen LogP contribution in [0.2, 0.25) is 0 Å². The molecule has 5 heteroatoms. The molecule has 1 N–H and O–H groups in total. The molecule has 2 atom stereocenters. The number of benzene rings is 1. The summed E-state index contributed by atoms with van der Waals surface area (Å²) in [6.45, 7) is 0. The molecule has 0 amide bonds. The predicted octanol–water partition coefficient (Wildman–Crippen LogP) is 2.80. The van der Waals surface area contributed by atoms with Crippen LogP contribution in [0.1, 0.15) is 23.6 Å². The van der Waals surface area contributed by atoms with Gasteiger partial charge in [-0.2, -0.15) is 5.10 Å². The van der Waals surface area contributed by atoms with Crippen LogP contribution < -0.4 is 10.1 Å². The lowest BCUT2D eigenvalue weighted by atomic mass is 9.87. The van der Waals surface area contributed by atoms with E-state index in [9.17, 15) is 0 Å². The van der Waals surface area contributed by atoms with E-state index in [0.717, 1.165) is 18.6 Å². The molecule has 0 aliphatic heterocycles. The molecule has 0 bridgehead atoms. The summed E-state index contributed by atoms with van der Waals surface area (Å²) in [5.74, 6) is 0.946. The van der Waals surface area contributed by atoms with Gasteiger partial charge in [0.25, 0.3) is 0 Å². The minimum absolute atomic E-state index is 0.366. The number of thioether (sulfide) groups is 1. The van der Waals surface area contributed by atoms with Gasteiger partial charge in [-0.1, -0.05) is 6.07 Å². The van der Waals surface area contributed by atoms with Gasteiger partial charge in [-0.05, 0) is 43.1 Å². The number of nitrogens with zero attached hydrogens (tertiary/aromatic N) is 2. The highest BCUT2D eigenvalue weighted by Crippen LogP contribution is 2.40. The molecule has 112 valence electrons. The zero-order valence-electron chi connectivity index (χ0n) is 12.7. The predicted molar refractivity (Wildman–Crippen MR) is 86.0 cm³/mol. The maximum absolute atomic E-state index is 5.34. The lowest BCUT2D eigenvalue weighted by molar-refractivity contribution is 0.412. The summed E-state index contributed by atoms with van der Waals surface area (Å²) in [4.78, 5) is 1.24. The van der Waals surface area contributed by atoms with Crippen molar-refractivity contribution in [3.05, 3.63) is 41.7 Å². The van der Waals surface area contributed by atoms with Gasteiger partial charge in [0.1, 0.15) is 5.75 Å². The number of aryl methyl sites for hydroxylation is 2. The first kappa shape index (κ1) is 14.5. The van der Waals surface area contributed by atoms with Crippen molar-refractivity contribution in [2.24, 2.45) is 7.05 Å². The highest BCUT2D eigenvalue weighted by atomic mass is 32.2. The SMILES string of the molecule is CNC1c2ccc(OC)cc2CCC1Sc1cnn(C)c1. The van der Waals surface area contributed by atoms with Crippen LogP contribution in [0.4, 0.5) is 0 Å². The molecule has 21 heavy (non-hydrogen) atoms. The van der Waals surface area contributed by atoms with Crippen molar-refractivity contribution >= 4 is 11.8 Å². The summed E-state index contributed by atoms with van der Waals surface area (Å²) in [5.41, 5.74) is 2.79. The Morgan fingerprint density at radius 3 is 2.95 bits per heavy atom. The number of hydrogen-bond acceptors (Lipinski definition) is 4. The first-order chi connectivity index (χ1) is 10.2. The number of hydrogen-bond donors (Lipinski definition) is 1. The van der Waals surface area contributed by atoms with Crippen molar-refractivity contribution in [2.75, 3.05) is 14.2 Å². The standard InChI is InChI=1S/C16H21N3OS/c1-17-16-14-6-5-12(20-3)8-11(14)4-7-15(16)21-13-9-18-19(2)10-13/h5-6,8-10,15-17H,4,7H2,1-3H3. The number of methoxy groups -OCH3 is 1. The largest absolute Gasteiger partial charge is 0.497 e. The number of ether oxygens (including phenoxy) is 1. The summed E-state index contributed by atoms with van der Waals surface area (Å²) in [6.07, 6.45) is 6.29. The fraction of sp³-hybridized carbons (Fsp3) is 0.438. The van der Waals surface area contributed by atoms with Gasteiger partial charge in [0.15, 0.2) is 0 Å². The topological polar surface area (TPSA) is 39.1 Å². The monoisotopic (exact) mass is 303 g/mol. The van der Waals surface area contributed by atoms with Crippen molar-refractivity contribution < 1.29 is 4.74 Å². The molecule has 0 saturated carbocycles. The normalized spacial score (nSPS) is 21.1. The number of fused-ring (bicyclic) bond motifs is 1. The van der Waals surface area contributed by atoms with Crippen molar-refractivity contribution in [3.8, 4) is 5.75 Å². The summed E-state index contributed by atoms with van der Waals surface area (Å²) >= 11 is 1.91. The molecule has 2 unspecified atom stereocenters. The van der Waals surface area contributed by atoms with E-state index >= 15 is 0 Å². The van der Waals surface area contributed by atoms with E-state index in [1.807, 2.05) is 36.7 Å². The Morgan fingerprint density at radius 1 is 1.43 bits per heavy atom. The molecule has 1 aliphatic rings. The van der Waals surface area contributed by atoms with E-state index in [2.05, 4.69) is 34.8 Å². The third-order valence-electron chi connectivity index (χ3n) is 4.03. The van der Waals surface area contributed by atoms with Gasteiger partial charge in [-0.25, -0.2) is 0 Å². The number of nitrogens with one attached hydrogen (secondary N) is 1. The van der Waals surface area contributed by atoms with Crippen LogP contribution in [-0.4, -0.2) is 29.2 Å². The van der Waals surface area contributed by atoms with Gasteiger partial charge in [0.2, 0.25) is 0 Å². The average Bonchev–Trinajstić information content (AvgIpc) is 2.91. The van der Waals surface area contributed by atoms with Crippen molar-refractivity contribution in [2.45, 2.75) is 29.0 Å². The summed E-state index contributed by atoms with van der Waals surface area (Å²) < 4.78 is 7.20. The van der Waals surface area contributed by atoms with Crippen LogP contribution in [0.3, 0.4) is 0 Å². The van der Waals surface area contributed by atoms with Gasteiger partial charge in [0, 0.05) is 29.4 Å². The van der Waals surface area contributed by atoms with Crippen molar-refractivity contribution in [3.63, 3.8) is 0 Å². The van der Waals surface area contributed by atoms with Crippen LogP contribution in [-0.2, 0) is 13.5 Å². The second-order valence-electron chi connectivity index (χ2n) is 5.38. The second-order valence-corrected chi connectivity index (χ2v) is 6.69. The Hall–Kier alpha value is -1.46. The van der Waals surface area contributed by atoms with Crippen LogP contribution in [0.25, 0.3) is 0 Å². The van der Waals surface area contributed by atoms with E-state index in [0.29, 0.717) is 11.3 Å². The van der Waals surface area contributed by atoms with Gasteiger partial charge in [0.05, 0.1) is 13.3 Å².